The highest BCUT2D eigenvalue weighted by molar-refractivity contribution is 5.96. The molecule has 1 aliphatic rings. The van der Waals surface area contributed by atoms with Crippen LogP contribution < -0.4 is 21.8 Å². The lowest BCUT2D eigenvalue weighted by molar-refractivity contribution is -0.123. The molecule has 0 bridgehead atoms. The van der Waals surface area contributed by atoms with E-state index in [-0.39, 0.29) is 11.7 Å². The summed E-state index contributed by atoms with van der Waals surface area (Å²) in [6, 6.07) is 6.93. The zero-order valence-electron chi connectivity index (χ0n) is 19.1. The van der Waals surface area contributed by atoms with E-state index in [4.69, 9.17) is 10.2 Å². The number of nitrogens with two attached hydrogens (primary N) is 1. The second-order valence-corrected chi connectivity index (χ2v) is 8.36. The second kappa shape index (κ2) is 12.0. The maximum atomic E-state index is 13.5. The van der Waals surface area contributed by atoms with Crippen LogP contribution >= 0.6 is 0 Å². The molecule has 0 aliphatic heterocycles. The number of urea groups is 1. The predicted octanol–water partition coefficient (Wildman–Crippen LogP) is 3.31. The Morgan fingerprint density at radius 2 is 1.97 bits per heavy atom. The molecular formula is C24H30FN5O4. The first-order chi connectivity index (χ1) is 16.4. The van der Waals surface area contributed by atoms with Gasteiger partial charge in [-0.15, -0.1) is 0 Å². The van der Waals surface area contributed by atoms with Gasteiger partial charge in [0.1, 0.15) is 17.6 Å². The molecule has 4 amide bonds. The lowest BCUT2D eigenvalue weighted by atomic mass is 9.97. The summed E-state index contributed by atoms with van der Waals surface area (Å²) in [5, 5.41) is 9.34. The normalized spacial score (nSPS) is 15.7. The number of hydrogen-bond acceptors (Lipinski definition) is 5. The first kappa shape index (κ1) is 24.9. The van der Waals surface area contributed by atoms with Crippen LogP contribution in [0.15, 0.2) is 45.9 Å². The largest absolute Gasteiger partial charge is 0.451 e. The standard InChI is InChI=1S/C24H30FN5O4/c1-2-18(14-27-30-24(26)33)28-22(31)19(12-15-6-3-4-7-15)29-23(32)21-11-10-20(34-21)16-8-5-9-17(25)13-16/h5,8-11,13-15,18-19H,2-4,6-7,12H2,1H3,(H,28,31)(H,29,32)(H3,26,30,33)/b27-14-/t18-,19-/m0/s1. The molecule has 0 saturated heterocycles. The fraction of sp³-hybridized carbons (Fsp3) is 0.417. The van der Waals surface area contributed by atoms with Gasteiger partial charge in [-0.1, -0.05) is 44.7 Å². The van der Waals surface area contributed by atoms with Crippen LogP contribution in [-0.2, 0) is 4.79 Å². The van der Waals surface area contributed by atoms with Crippen LogP contribution in [-0.4, -0.2) is 36.1 Å². The van der Waals surface area contributed by atoms with Crippen molar-refractivity contribution in [1.82, 2.24) is 16.1 Å². The van der Waals surface area contributed by atoms with Gasteiger partial charge in [0.15, 0.2) is 5.76 Å². The molecule has 1 saturated carbocycles. The third kappa shape index (κ3) is 7.16. The summed E-state index contributed by atoms with van der Waals surface area (Å²) in [5.74, 6) is -0.574. The molecule has 0 spiro atoms. The number of carbonyl (C=O) groups excluding carboxylic acids is 3. The summed E-state index contributed by atoms with van der Waals surface area (Å²) >= 11 is 0. The van der Waals surface area contributed by atoms with Gasteiger partial charge in [-0.3, -0.25) is 9.59 Å². The summed E-state index contributed by atoms with van der Waals surface area (Å²) in [4.78, 5) is 36.7. The molecule has 1 fully saturated rings. The van der Waals surface area contributed by atoms with E-state index in [2.05, 4.69) is 21.2 Å². The molecular weight excluding hydrogens is 441 g/mol. The quantitative estimate of drug-likeness (QED) is 0.312. The fourth-order valence-electron chi connectivity index (χ4n) is 4.02. The second-order valence-electron chi connectivity index (χ2n) is 8.36. The molecule has 5 N–H and O–H groups in total. The summed E-state index contributed by atoms with van der Waals surface area (Å²) < 4.78 is 19.2. The molecule has 10 heteroatoms. The number of benzene rings is 1. The number of amides is 4. The van der Waals surface area contributed by atoms with Crippen LogP contribution in [0.3, 0.4) is 0 Å². The summed E-state index contributed by atoms with van der Waals surface area (Å²) in [7, 11) is 0. The van der Waals surface area contributed by atoms with Gasteiger partial charge in [0, 0.05) is 11.8 Å². The summed E-state index contributed by atoms with van der Waals surface area (Å²) in [6.07, 6.45) is 6.62. The van der Waals surface area contributed by atoms with Gasteiger partial charge in [0.25, 0.3) is 5.91 Å². The van der Waals surface area contributed by atoms with Gasteiger partial charge in [-0.2, -0.15) is 5.10 Å². The van der Waals surface area contributed by atoms with E-state index >= 15 is 0 Å². The van der Waals surface area contributed by atoms with E-state index in [0.717, 1.165) is 25.7 Å². The van der Waals surface area contributed by atoms with Gasteiger partial charge < -0.3 is 20.8 Å². The van der Waals surface area contributed by atoms with Crippen LogP contribution in [0.1, 0.15) is 56.0 Å². The van der Waals surface area contributed by atoms with Gasteiger partial charge in [0.05, 0.1) is 6.04 Å². The van der Waals surface area contributed by atoms with E-state index in [1.807, 2.05) is 6.92 Å². The molecule has 1 aromatic heterocycles. The van der Waals surface area contributed by atoms with Crippen molar-refractivity contribution in [1.29, 1.82) is 0 Å². The number of carbonyl (C=O) groups is 3. The van der Waals surface area contributed by atoms with E-state index in [1.165, 1.54) is 24.4 Å². The number of furan rings is 1. The van der Waals surface area contributed by atoms with Crippen LogP contribution in [0.2, 0.25) is 0 Å². The number of hydrogen-bond donors (Lipinski definition) is 4. The molecule has 182 valence electrons. The highest BCUT2D eigenvalue weighted by Gasteiger charge is 2.28. The van der Waals surface area contributed by atoms with Crippen molar-refractivity contribution in [2.75, 3.05) is 0 Å². The first-order valence-electron chi connectivity index (χ1n) is 11.4. The highest BCUT2D eigenvalue weighted by atomic mass is 19.1. The summed E-state index contributed by atoms with van der Waals surface area (Å²) in [5.41, 5.74) is 7.60. The third-order valence-corrected chi connectivity index (χ3v) is 5.80. The van der Waals surface area contributed by atoms with Crippen molar-refractivity contribution in [3.05, 3.63) is 48.0 Å². The molecule has 9 nitrogen and oxygen atoms in total. The molecule has 1 heterocycles. The van der Waals surface area contributed by atoms with Crippen LogP contribution in [0.4, 0.5) is 9.18 Å². The zero-order valence-corrected chi connectivity index (χ0v) is 19.1. The third-order valence-electron chi connectivity index (χ3n) is 5.80. The SMILES string of the molecule is CC[C@@H](/C=N\NC(N)=O)NC(=O)[C@H](CC1CCCC1)NC(=O)c1ccc(-c2cccc(F)c2)o1. The van der Waals surface area contributed by atoms with Gasteiger partial charge in [0.2, 0.25) is 5.91 Å². The minimum Gasteiger partial charge on any atom is -0.451 e. The average Bonchev–Trinajstić information content (AvgIpc) is 3.50. The molecule has 1 aromatic carbocycles. The van der Waals surface area contributed by atoms with Gasteiger partial charge >= 0.3 is 6.03 Å². The number of rotatable bonds is 10. The number of nitrogens with zero attached hydrogens (tertiary/aromatic N) is 1. The first-order valence-corrected chi connectivity index (χ1v) is 11.4. The maximum absolute atomic E-state index is 13.5. The van der Waals surface area contributed by atoms with E-state index in [0.29, 0.717) is 30.1 Å². The molecule has 2 atom stereocenters. The zero-order chi connectivity index (χ0) is 24.5. The number of nitrogens with one attached hydrogen (secondary N) is 3. The van der Waals surface area contributed by atoms with E-state index < -0.39 is 29.8 Å². The van der Waals surface area contributed by atoms with Crippen molar-refractivity contribution in [2.45, 2.75) is 57.5 Å². The Kier molecular flexibility index (Phi) is 8.78. The number of primary amides is 1. The Morgan fingerprint density at radius 1 is 1.21 bits per heavy atom. The molecule has 34 heavy (non-hydrogen) atoms. The van der Waals surface area contributed by atoms with Crippen molar-refractivity contribution in [2.24, 2.45) is 16.8 Å². The average molecular weight is 472 g/mol. The van der Waals surface area contributed by atoms with Crippen LogP contribution in [0, 0.1) is 11.7 Å². The van der Waals surface area contributed by atoms with Crippen molar-refractivity contribution in [3.63, 3.8) is 0 Å². The maximum Gasteiger partial charge on any atom is 0.332 e. The Labute approximate surface area is 197 Å². The van der Waals surface area contributed by atoms with Crippen LogP contribution in [0.25, 0.3) is 11.3 Å². The minimum atomic E-state index is -0.806. The Balaban J connectivity index is 1.70. The van der Waals surface area contributed by atoms with Gasteiger partial charge in [-0.25, -0.2) is 14.6 Å². The lowest BCUT2D eigenvalue weighted by Gasteiger charge is -2.23. The summed E-state index contributed by atoms with van der Waals surface area (Å²) in [6.45, 7) is 1.85. The minimum absolute atomic E-state index is 0.0303. The number of hydrazone groups is 1. The monoisotopic (exact) mass is 471 g/mol. The van der Waals surface area contributed by atoms with Crippen molar-refractivity contribution < 1.29 is 23.2 Å². The molecule has 0 radical (unpaired) electrons. The predicted molar refractivity (Wildman–Crippen MR) is 125 cm³/mol. The molecule has 1 aliphatic carbocycles. The van der Waals surface area contributed by atoms with Crippen molar-refractivity contribution >= 4 is 24.1 Å². The number of halogens is 1. The van der Waals surface area contributed by atoms with E-state index in [9.17, 15) is 18.8 Å². The van der Waals surface area contributed by atoms with E-state index in [1.54, 1.807) is 18.2 Å². The molecule has 2 aromatic rings. The van der Waals surface area contributed by atoms with Crippen molar-refractivity contribution in [3.8, 4) is 11.3 Å². The Hall–Kier alpha value is -3.69. The molecule has 0 unspecified atom stereocenters. The fourth-order valence-corrected chi connectivity index (χ4v) is 4.02. The van der Waals surface area contributed by atoms with Gasteiger partial charge in [-0.05, 0) is 43.0 Å². The lowest BCUT2D eigenvalue weighted by Crippen LogP contribution is -2.50. The Bertz CT molecular complexity index is 1030. The molecule has 3 rings (SSSR count). The topological polar surface area (TPSA) is 139 Å². The Morgan fingerprint density at radius 3 is 2.65 bits per heavy atom. The van der Waals surface area contributed by atoms with Crippen LogP contribution in [0.5, 0.6) is 0 Å². The smallest absolute Gasteiger partial charge is 0.332 e. The highest BCUT2D eigenvalue weighted by Crippen LogP contribution is 2.29.